The molecule has 0 atom stereocenters. The molecular weight excluding hydrogens is 409 g/mol. The first-order valence-corrected chi connectivity index (χ1v) is 11.0. The molecule has 158 valence electrons. The molecule has 9 heteroatoms. The summed E-state index contributed by atoms with van der Waals surface area (Å²) >= 11 is 0. The number of nitrogens with zero attached hydrogens (tertiary/aromatic N) is 3. The summed E-state index contributed by atoms with van der Waals surface area (Å²) in [6, 6.07) is 8.79. The third kappa shape index (κ3) is 4.73. The van der Waals surface area contributed by atoms with E-state index in [0.29, 0.717) is 16.8 Å². The maximum absolute atomic E-state index is 14.2. The molecule has 7 nitrogen and oxygen atoms in total. The third-order valence-corrected chi connectivity index (χ3v) is 6.70. The van der Waals surface area contributed by atoms with Gasteiger partial charge >= 0.3 is 6.01 Å². The van der Waals surface area contributed by atoms with Crippen LogP contribution in [0.2, 0.25) is 0 Å². The van der Waals surface area contributed by atoms with Crippen molar-refractivity contribution >= 4 is 9.84 Å². The van der Waals surface area contributed by atoms with Crippen LogP contribution < -0.4 is 10.3 Å². The maximum Gasteiger partial charge on any atom is 0.322 e. The van der Waals surface area contributed by atoms with Crippen LogP contribution in [-0.2, 0) is 22.6 Å². The van der Waals surface area contributed by atoms with Crippen molar-refractivity contribution in [1.82, 2.24) is 14.5 Å². The van der Waals surface area contributed by atoms with Gasteiger partial charge in [0.15, 0.2) is 21.4 Å². The third-order valence-electron chi connectivity index (χ3n) is 4.56. The van der Waals surface area contributed by atoms with Crippen molar-refractivity contribution in [3.63, 3.8) is 0 Å². The van der Waals surface area contributed by atoms with E-state index in [9.17, 15) is 17.6 Å². The second-order valence-electron chi connectivity index (χ2n) is 7.24. The van der Waals surface area contributed by atoms with Crippen molar-refractivity contribution < 1.29 is 17.5 Å². The Morgan fingerprint density at radius 1 is 1.17 bits per heavy atom. The fourth-order valence-corrected chi connectivity index (χ4v) is 3.59. The zero-order valence-corrected chi connectivity index (χ0v) is 17.9. The van der Waals surface area contributed by atoms with Gasteiger partial charge < -0.3 is 9.30 Å². The highest BCUT2D eigenvalue weighted by Gasteiger charge is 2.20. The molecule has 30 heavy (non-hydrogen) atoms. The van der Waals surface area contributed by atoms with Crippen LogP contribution in [0.1, 0.15) is 25.1 Å². The molecule has 0 bridgehead atoms. The van der Waals surface area contributed by atoms with Crippen molar-refractivity contribution in [3.8, 4) is 23.0 Å². The van der Waals surface area contributed by atoms with Crippen LogP contribution in [0.4, 0.5) is 4.39 Å². The maximum atomic E-state index is 14.2. The molecule has 0 aliphatic heterocycles. The highest BCUT2D eigenvalue weighted by Crippen LogP contribution is 2.28. The predicted molar refractivity (Wildman–Crippen MR) is 112 cm³/mol. The van der Waals surface area contributed by atoms with Crippen molar-refractivity contribution in [2.24, 2.45) is 7.05 Å². The Kier molecular flexibility index (Phi) is 6.02. The Morgan fingerprint density at radius 2 is 1.90 bits per heavy atom. The first-order chi connectivity index (χ1) is 14.1. The number of para-hydroxylation sites is 1. The minimum absolute atomic E-state index is 0.0345. The van der Waals surface area contributed by atoms with E-state index >= 15 is 0 Å². The number of hydrogen-bond donors (Lipinski definition) is 0. The first kappa shape index (κ1) is 21.6. The molecule has 0 saturated heterocycles. The van der Waals surface area contributed by atoms with E-state index in [-0.39, 0.29) is 28.8 Å². The highest BCUT2D eigenvalue weighted by atomic mass is 32.2. The molecule has 3 rings (SSSR count). The van der Waals surface area contributed by atoms with E-state index < -0.39 is 20.9 Å². The predicted octanol–water partition coefficient (Wildman–Crippen LogP) is 3.41. The molecule has 0 spiro atoms. The van der Waals surface area contributed by atoms with Crippen LogP contribution >= 0.6 is 0 Å². The summed E-state index contributed by atoms with van der Waals surface area (Å²) < 4.78 is 46.0. The zero-order valence-electron chi connectivity index (χ0n) is 17.1. The van der Waals surface area contributed by atoms with Crippen LogP contribution in [0.3, 0.4) is 0 Å². The topological polar surface area (TPSA) is 91.1 Å². The van der Waals surface area contributed by atoms with Gasteiger partial charge in [-0.15, -0.1) is 0 Å². The molecule has 0 fully saturated rings. The number of halogens is 1. The molecule has 0 N–H and O–H groups in total. The standard InChI is InChI=1S/C21H22FN3O4S/c1-13(2)30(27,28)12-16-10-18(15-8-9-19(26)25(4)11-15)24-21(23-16)29-20-14(3)6-5-7-17(20)22/h5-11,13H,12H2,1-4H3. The summed E-state index contributed by atoms with van der Waals surface area (Å²) in [5, 5.41) is -0.591. The molecule has 0 radical (unpaired) electrons. The number of aryl methyl sites for hydroxylation is 2. The lowest BCUT2D eigenvalue weighted by Gasteiger charge is -2.13. The van der Waals surface area contributed by atoms with Gasteiger partial charge in [0.2, 0.25) is 5.56 Å². The van der Waals surface area contributed by atoms with Crippen LogP contribution in [0.25, 0.3) is 11.3 Å². The van der Waals surface area contributed by atoms with Gasteiger partial charge in [0.25, 0.3) is 0 Å². The van der Waals surface area contributed by atoms with Gasteiger partial charge in [-0.05, 0) is 44.5 Å². The van der Waals surface area contributed by atoms with E-state index in [2.05, 4.69) is 9.97 Å². The Hall–Kier alpha value is -3.07. The minimum atomic E-state index is -3.45. The summed E-state index contributed by atoms with van der Waals surface area (Å²) in [4.78, 5) is 20.2. The number of rotatable bonds is 6. The number of ether oxygens (including phenoxy) is 1. The molecule has 2 aromatic heterocycles. The Morgan fingerprint density at radius 3 is 2.53 bits per heavy atom. The van der Waals surface area contributed by atoms with E-state index in [1.807, 2.05) is 0 Å². The lowest BCUT2D eigenvalue weighted by molar-refractivity contribution is 0.407. The molecule has 0 amide bonds. The first-order valence-electron chi connectivity index (χ1n) is 9.26. The van der Waals surface area contributed by atoms with E-state index in [0.717, 1.165) is 0 Å². The summed E-state index contributed by atoms with van der Waals surface area (Å²) in [5.41, 5.74) is 1.49. The second-order valence-corrected chi connectivity index (χ2v) is 9.80. The van der Waals surface area contributed by atoms with Gasteiger partial charge in [0.1, 0.15) is 0 Å². The molecule has 0 unspecified atom stereocenters. The number of hydrogen-bond acceptors (Lipinski definition) is 6. The average molecular weight is 431 g/mol. The molecule has 3 aromatic rings. The molecule has 2 heterocycles. The highest BCUT2D eigenvalue weighted by molar-refractivity contribution is 7.91. The summed E-state index contributed by atoms with van der Waals surface area (Å²) in [6.45, 7) is 4.86. The molecule has 0 aliphatic rings. The number of aromatic nitrogens is 3. The van der Waals surface area contributed by atoms with Crippen molar-refractivity contribution in [3.05, 3.63) is 70.0 Å². The Balaban J connectivity index is 2.12. The van der Waals surface area contributed by atoms with Crippen molar-refractivity contribution in [2.45, 2.75) is 31.8 Å². The van der Waals surface area contributed by atoms with Gasteiger partial charge in [-0.3, -0.25) is 4.79 Å². The van der Waals surface area contributed by atoms with Crippen LogP contribution in [0, 0.1) is 12.7 Å². The van der Waals surface area contributed by atoms with E-state index in [4.69, 9.17) is 4.74 Å². The Bertz CT molecular complexity index is 1230. The number of benzene rings is 1. The molecule has 1 aromatic carbocycles. The van der Waals surface area contributed by atoms with Gasteiger partial charge in [-0.2, -0.15) is 9.97 Å². The van der Waals surface area contributed by atoms with Gasteiger partial charge in [0.05, 0.1) is 22.4 Å². The van der Waals surface area contributed by atoms with Crippen molar-refractivity contribution in [2.75, 3.05) is 0 Å². The molecular formula is C21H22FN3O4S. The average Bonchev–Trinajstić information content (AvgIpc) is 2.66. The number of sulfone groups is 1. The summed E-state index contributed by atoms with van der Waals surface area (Å²) in [7, 11) is -1.85. The molecule has 0 saturated carbocycles. The smallest absolute Gasteiger partial charge is 0.322 e. The minimum Gasteiger partial charge on any atom is -0.421 e. The zero-order chi connectivity index (χ0) is 22.1. The monoisotopic (exact) mass is 431 g/mol. The summed E-state index contributed by atoms with van der Waals surface area (Å²) in [6.07, 6.45) is 1.57. The van der Waals surface area contributed by atoms with Crippen LogP contribution in [0.15, 0.2) is 47.4 Å². The largest absolute Gasteiger partial charge is 0.421 e. The molecule has 0 aliphatic carbocycles. The van der Waals surface area contributed by atoms with Gasteiger partial charge in [-0.25, -0.2) is 12.8 Å². The van der Waals surface area contributed by atoms with E-state index in [1.54, 1.807) is 52.2 Å². The SMILES string of the molecule is Cc1cccc(F)c1Oc1nc(CS(=O)(=O)C(C)C)cc(-c2ccc(=O)n(C)c2)n1. The van der Waals surface area contributed by atoms with Crippen molar-refractivity contribution in [1.29, 1.82) is 0 Å². The summed E-state index contributed by atoms with van der Waals surface area (Å²) in [5.74, 6) is -0.936. The fourth-order valence-electron chi connectivity index (χ4n) is 2.70. The van der Waals surface area contributed by atoms with Crippen LogP contribution in [-0.4, -0.2) is 28.2 Å². The lowest BCUT2D eigenvalue weighted by atomic mass is 10.2. The lowest BCUT2D eigenvalue weighted by Crippen LogP contribution is -2.17. The Labute approximate surface area is 174 Å². The quantitative estimate of drug-likeness (QED) is 0.594. The number of pyridine rings is 1. The second kappa shape index (κ2) is 8.35. The van der Waals surface area contributed by atoms with E-state index in [1.165, 1.54) is 22.8 Å². The normalized spacial score (nSPS) is 11.7. The van der Waals surface area contributed by atoms with Gasteiger partial charge in [-0.1, -0.05) is 12.1 Å². The van der Waals surface area contributed by atoms with Crippen LogP contribution in [0.5, 0.6) is 11.8 Å². The fraction of sp³-hybridized carbons (Fsp3) is 0.286. The van der Waals surface area contributed by atoms with Gasteiger partial charge in [0, 0.05) is 24.9 Å².